The van der Waals surface area contributed by atoms with Gasteiger partial charge in [0.2, 0.25) is 5.95 Å². The van der Waals surface area contributed by atoms with Crippen LogP contribution in [0.5, 0.6) is 0 Å². The molecule has 1 unspecified atom stereocenters. The molecule has 1 aromatic heterocycles. The molecule has 2 N–H and O–H groups in total. The predicted octanol–water partition coefficient (Wildman–Crippen LogP) is 0.842. The molecule has 6 nitrogen and oxygen atoms in total. The van der Waals surface area contributed by atoms with Crippen molar-refractivity contribution < 1.29 is 23.1 Å². The number of nitrogens with zero attached hydrogens (tertiary/aromatic N) is 2. The molecule has 1 aromatic rings. The molecule has 2 heterocycles. The number of aromatic amines is 1. The second kappa shape index (κ2) is 4.56. The summed E-state index contributed by atoms with van der Waals surface area (Å²) in [4.78, 5) is 28.8. The fourth-order valence-corrected chi connectivity index (χ4v) is 2.00. The lowest BCUT2D eigenvalue weighted by Crippen LogP contribution is -2.38. The van der Waals surface area contributed by atoms with Gasteiger partial charge in [-0.25, -0.2) is 9.78 Å². The predicted molar refractivity (Wildman–Crippen MR) is 57.9 cm³/mol. The highest BCUT2D eigenvalue weighted by atomic mass is 19.4. The van der Waals surface area contributed by atoms with Gasteiger partial charge < -0.3 is 10.0 Å². The number of aliphatic carboxylic acids is 1. The molecule has 0 aliphatic carbocycles. The van der Waals surface area contributed by atoms with Crippen molar-refractivity contribution >= 4 is 11.9 Å². The maximum atomic E-state index is 12.5. The number of H-pyrrole nitrogens is 1. The Morgan fingerprint density at radius 1 is 1.53 bits per heavy atom. The molecule has 2 rings (SSSR count). The van der Waals surface area contributed by atoms with E-state index in [-0.39, 0.29) is 12.5 Å². The molecule has 1 aliphatic rings. The summed E-state index contributed by atoms with van der Waals surface area (Å²) in [5, 5.41) is 8.96. The number of hydrogen-bond donors (Lipinski definition) is 2. The molecule has 1 fully saturated rings. The first kappa shape index (κ1) is 13.4. The molecule has 0 bridgehead atoms. The number of rotatable bonds is 2. The van der Waals surface area contributed by atoms with Gasteiger partial charge in [-0.05, 0) is 12.8 Å². The van der Waals surface area contributed by atoms with Crippen molar-refractivity contribution in [2.75, 3.05) is 11.4 Å². The second-order valence-corrected chi connectivity index (χ2v) is 4.14. The number of halogens is 3. The van der Waals surface area contributed by atoms with Gasteiger partial charge in [-0.2, -0.15) is 13.2 Å². The first-order chi connectivity index (χ1) is 8.79. The van der Waals surface area contributed by atoms with Crippen LogP contribution in [0.4, 0.5) is 19.1 Å². The van der Waals surface area contributed by atoms with Gasteiger partial charge >= 0.3 is 12.1 Å². The molecule has 0 aromatic carbocycles. The fourth-order valence-electron chi connectivity index (χ4n) is 2.00. The number of carboxylic acid groups (broad SMARTS) is 1. The van der Waals surface area contributed by atoms with Gasteiger partial charge in [-0.1, -0.05) is 0 Å². The van der Waals surface area contributed by atoms with Crippen LogP contribution >= 0.6 is 0 Å². The highest BCUT2D eigenvalue weighted by Crippen LogP contribution is 2.29. The number of nitrogens with one attached hydrogen (secondary N) is 1. The summed E-state index contributed by atoms with van der Waals surface area (Å²) in [6.45, 7) is 0.237. The van der Waals surface area contributed by atoms with E-state index < -0.39 is 29.4 Å². The van der Waals surface area contributed by atoms with E-state index in [4.69, 9.17) is 5.11 Å². The number of aromatic nitrogens is 2. The third-order valence-electron chi connectivity index (χ3n) is 2.83. The maximum absolute atomic E-state index is 12.5. The minimum Gasteiger partial charge on any atom is -0.480 e. The molecule has 0 radical (unpaired) electrons. The van der Waals surface area contributed by atoms with E-state index in [1.807, 2.05) is 0 Å². The van der Waals surface area contributed by atoms with E-state index in [0.29, 0.717) is 18.9 Å². The van der Waals surface area contributed by atoms with Gasteiger partial charge in [0.25, 0.3) is 5.56 Å². The summed E-state index contributed by atoms with van der Waals surface area (Å²) < 4.78 is 37.6. The van der Waals surface area contributed by atoms with Crippen molar-refractivity contribution in [1.29, 1.82) is 0 Å². The highest BCUT2D eigenvalue weighted by molar-refractivity contribution is 5.78. The van der Waals surface area contributed by atoms with Crippen molar-refractivity contribution in [3.05, 3.63) is 22.1 Å². The largest absolute Gasteiger partial charge is 0.480 e. The maximum Gasteiger partial charge on any atom is 0.433 e. The first-order valence-corrected chi connectivity index (χ1v) is 5.47. The average Bonchev–Trinajstić information content (AvgIpc) is 2.75. The number of carboxylic acids is 1. The van der Waals surface area contributed by atoms with Crippen LogP contribution in [0.1, 0.15) is 18.5 Å². The molecule has 1 saturated heterocycles. The summed E-state index contributed by atoms with van der Waals surface area (Å²) in [6.07, 6.45) is -3.94. The van der Waals surface area contributed by atoms with E-state index in [2.05, 4.69) is 9.97 Å². The zero-order valence-corrected chi connectivity index (χ0v) is 9.57. The zero-order valence-electron chi connectivity index (χ0n) is 9.57. The molecule has 104 valence electrons. The number of hydrogen-bond acceptors (Lipinski definition) is 4. The minimum atomic E-state index is -4.75. The number of anilines is 1. The van der Waals surface area contributed by atoms with Crippen LogP contribution in [0, 0.1) is 0 Å². The lowest BCUT2D eigenvalue weighted by molar-refractivity contribution is -0.141. The van der Waals surface area contributed by atoms with Gasteiger partial charge in [0.05, 0.1) is 0 Å². The summed E-state index contributed by atoms with van der Waals surface area (Å²) in [5.74, 6) is -1.51. The van der Waals surface area contributed by atoms with E-state index in [1.165, 1.54) is 4.90 Å². The van der Waals surface area contributed by atoms with E-state index >= 15 is 0 Å². The molecule has 0 saturated carbocycles. The van der Waals surface area contributed by atoms with Crippen LogP contribution < -0.4 is 10.5 Å². The Bertz CT molecular complexity index is 555. The van der Waals surface area contributed by atoms with Gasteiger partial charge in [-0.3, -0.25) is 9.78 Å². The molecular weight excluding hydrogens is 267 g/mol. The normalized spacial score (nSPS) is 19.7. The Balaban J connectivity index is 2.43. The lowest BCUT2D eigenvalue weighted by Gasteiger charge is -2.22. The highest BCUT2D eigenvalue weighted by Gasteiger charge is 2.36. The van der Waals surface area contributed by atoms with Gasteiger partial charge in [0.15, 0.2) is 5.69 Å². The molecular formula is C10H10F3N3O3. The zero-order chi connectivity index (χ0) is 14.2. The van der Waals surface area contributed by atoms with E-state index in [1.54, 1.807) is 0 Å². The summed E-state index contributed by atoms with van der Waals surface area (Å²) >= 11 is 0. The molecule has 1 aliphatic heterocycles. The number of carbonyl (C=O) groups is 1. The SMILES string of the molecule is O=C(O)C1CCCN1c1nc(C(F)(F)F)cc(=O)[nH]1. The molecule has 9 heteroatoms. The molecule has 0 spiro atoms. The third-order valence-corrected chi connectivity index (χ3v) is 2.83. The summed E-state index contributed by atoms with van der Waals surface area (Å²) in [6, 6.07) is -0.623. The van der Waals surface area contributed by atoms with Crippen molar-refractivity contribution in [3.8, 4) is 0 Å². The topological polar surface area (TPSA) is 86.3 Å². The Kier molecular flexibility index (Phi) is 3.21. The first-order valence-electron chi connectivity index (χ1n) is 5.47. The van der Waals surface area contributed by atoms with Crippen molar-refractivity contribution in [1.82, 2.24) is 9.97 Å². The van der Waals surface area contributed by atoms with Gasteiger partial charge in [0, 0.05) is 12.6 Å². The van der Waals surface area contributed by atoms with Crippen LogP contribution in [0.2, 0.25) is 0 Å². The van der Waals surface area contributed by atoms with Crippen LogP contribution in [-0.2, 0) is 11.0 Å². The minimum absolute atomic E-state index is 0.237. The average molecular weight is 277 g/mol. The van der Waals surface area contributed by atoms with Crippen molar-refractivity contribution in [2.45, 2.75) is 25.1 Å². The smallest absolute Gasteiger partial charge is 0.433 e. The molecule has 19 heavy (non-hydrogen) atoms. The standard InChI is InChI=1S/C10H10F3N3O3/c11-10(12,13)6-4-7(17)15-9(14-6)16-3-1-2-5(16)8(18)19/h4-5H,1-3H2,(H,18,19)(H,14,15,17). The third kappa shape index (κ3) is 2.69. The van der Waals surface area contributed by atoms with Gasteiger partial charge in [0.1, 0.15) is 6.04 Å². The summed E-state index contributed by atoms with van der Waals surface area (Å²) in [5.41, 5.74) is -2.30. The Morgan fingerprint density at radius 2 is 2.21 bits per heavy atom. The molecule has 0 amide bonds. The van der Waals surface area contributed by atoms with Crippen LogP contribution in [0.25, 0.3) is 0 Å². The quantitative estimate of drug-likeness (QED) is 0.836. The number of alkyl halides is 3. The van der Waals surface area contributed by atoms with Crippen LogP contribution in [0.15, 0.2) is 10.9 Å². The Labute approximate surface area is 104 Å². The second-order valence-electron chi connectivity index (χ2n) is 4.14. The van der Waals surface area contributed by atoms with Gasteiger partial charge in [-0.15, -0.1) is 0 Å². The van der Waals surface area contributed by atoms with Crippen molar-refractivity contribution in [3.63, 3.8) is 0 Å². The van der Waals surface area contributed by atoms with E-state index in [9.17, 15) is 22.8 Å². The van der Waals surface area contributed by atoms with Crippen LogP contribution in [-0.4, -0.2) is 33.6 Å². The Hall–Kier alpha value is -2.06. The van der Waals surface area contributed by atoms with E-state index in [0.717, 1.165) is 0 Å². The Morgan fingerprint density at radius 3 is 2.79 bits per heavy atom. The van der Waals surface area contributed by atoms with Crippen molar-refractivity contribution in [2.24, 2.45) is 0 Å². The summed E-state index contributed by atoms with van der Waals surface area (Å²) in [7, 11) is 0. The fraction of sp³-hybridized carbons (Fsp3) is 0.500. The lowest BCUT2D eigenvalue weighted by atomic mass is 10.2. The molecule has 1 atom stereocenters. The monoisotopic (exact) mass is 277 g/mol. The van der Waals surface area contributed by atoms with Crippen LogP contribution in [0.3, 0.4) is 0 Å².